The molecule has 0 aliphatic heterocycles. The number of hydrogen-bond acceptors (Lipinski definition) is 5. The number of aryl methyl sites for hydroxylation is 2. The maximum absolute atomic E-state index is 12.2. The summed E-state index contributed by atoms with van der Waals surface area (Å²) in [5.74, 6) is -0.182. The normalized spacial score (nSPS) is 10.8. The molecule has 21 heavy (non-hydrogen) atoms. The molecule has 0 spiro atoms. The largest absolute Gasteiger partial charge is 0.397 e. The summed E-state index contributed by atoms with van der Waals surface area (Å²) in [4.78, 5) is 13.5. The van der Waals surface area contributed by atoms with E-state index in [2.05, 4.69) is 29.0 Å². The minimum atomic E-state index is -0.182. The van der Waals surface area contributed by atoms with Gasteiger partial charge < -0.3 is 11.1 Å². The van der Waals surface area contributed by atoms with Crippen molar-refractivity contribution in [3.05, 3.63) is 28.3 Å². The highest BCUT2D eigenvalue weighted by Gasteiger charge is 2.20. The van der Waals surface area contributed by atoms with E-state index in [0.29, 0.717) is 17.1 Å². The van der Waals surface area contributed by atoms with Crippen LogP contribution >= 0.6 is 11.3 Å². The predicted octanol–water partition coefficient (Wildman–Crippen LogP) is 2.70. The van der Waals surface area contributed by atoms with Crippen molar-refractivity contribution in [3.63, 3.8) is 0 Å². The van der Waals surface area contributed by atoms with Gasteiger partial charge in [0.2, 0.25) is 0 Å². The lowest BCUT2D eigenvalue weighted by Crippen LogP contribution is -2.24. The van der Waals surface area contributed by atoms with Crippen LogP contribution in [0.3, 0.4) is 0 Å². The van der Waals surface area contributed by atoms with Gasteiger partial charge in [0.05, 0.1) is 11.4 Å². The number of nitrogens with zero attached hydrogens (tertiary/aromatic N) is 2. The van der Waals surface area contributed by atoms with Crippen molar-refractivity contribution < 1.29 is 4.79 Å². The second kappa shape index (κ2) is 6.22. The molecule has 0 saturated carbocycles. The highest BCUT2D eigenvalue weighted by atomic mass is 32.1. The Morgan fingerprint density at radius 2 is 2.05 bits per heavy atom. The van der Waals surface area contributed by atoms with Gasteiger partial charge in [-0.1, -0.05) is 26.0 Å². The summed E-state index contributed by atoms with van der Waals surface area (Å²) in [7, 11) is 0. The van der Waals surface area contributed by atoms with E-state index in [-0.39, 0.29) is 5.91 Å². The number of amides is 1. The number of nitrogen functional groups attached to an aromatic ring is 1. The number of hydrogen-bond donors (Lipinski definition) is 2. The van der Waals surface area contributed by atoms with Crippen LogP contribution in [-0.4, -0.2) is 22.6 Å². The number of fused-ring (bicyclic) bond motifs is 1. The van der Waals surface area contributed by atoms with E-state index in [1.807, 2.05) is 13.8 Å². The van der Waals surface area contributed by atoms with E-state index in [1.165, 1.54) is 11.3 Å². The summed E-state index contributed by atoms with van der Waals surface area (Å²) in [5.41, 5.74) is 9.65. The molecule has 0 unspecified atom stereocenters. The smallest absolute Gasteiger partial charge is 0.263 e. The van der Waals surface area contributed by atoms with Gasteiger partial charge in [-0.25, -0.2) is 0 Å². The number of aromatic nitrogens is 2. The van der Waals surface area contributed by atoms with Crippen LogP contribution < -0.4 is 11.1 Å². The molecule has 0 aliphatic carbocycles. The Balaban J connectivity index is 2.50. The molecule has 2 aromatic rings. The van der Waals surface area contributed by atoms with Crippen LogP contribution in [0.4, 0.5) is 5.69 Å². The molecule has 2 rings (SSSR count). The van der Waals surface area contributed by atoms with Gasteiger partial charge in [0.15, 0.2) is 0 Å². The third kappa shape index (κ3) is 2.90. The van der Waals surface area contributed by atoms with Crippen molar-refractivity contribution in [2.24, 2.45) is 0 Å². The van der Waals surface area contributed by atoms with E-state index in [0.717, 1.165) is 39.9 Å². The van der Waals surface area contributed by atoms with E-state index in [9.17, 15) is 4.79 Å². The molecule has 0 radical (unpaired) electrons. The van der Waals surface area contributed by atoms with Crippen LogP contribution in [0.2, 0.25) is 0 Å². The van der Waals surface area contributed by atoms with Gasteiger partial charge in [0, 0.05) is 11.9 Å². The molecule has 0 aromatic carbocycles. The second-order valence-corrected chi connectivity index (χ2v) is 6.00. The summed E-state index contributed by atoms with van der Waals surface area (Å²) in [6, 6.07) is 0. The van der Waals surface area contributed by atoms with Crippen LogP contribution in [0, 0.1) is 0 Å². The van der Waals surface area contributed by atoms with Gasteiger partial charge in [-0.3, -0.25) is 4.79 Å². The molecule has 0 fully saturated rings. The molecule has 1 amide bonds. The number of anilines is 1. The van der Waals surface area contributed by atoms with Crippen LogP contribution in [0.5, 0.6) is 0 Å². The zero-order valence-electron chi connectivity index (χ0n) is 12.6. The van der Waals surface area contributed by atoms with Crippen LogP contribution in [0.25, 0.3) is 10.2 Å². The topological polar surface area (TPSA) is 80.9 Å². The number of nitrogens with one attached hydrogen (secondary N) is 1. The van der Waals surface area contributed by atoms with Gasteiger partial charge in [0.1, 0.15) is 9.71 Å². The van der Waals surface area contributed by atoms with Gasteiger partial charge >= 0.3 is 0 Å². The highest BCUT2D eigenvalue weighted by Crippen LogP contribution is 2.35. The van der Waals surface area contributed by atoms with Crippen LogP contribution in [-0.2, 0) is 12.8 Å². The summed E-state index contributed by atoms with van der Waals surface area (Å²) in [6.45, 7) is 10.2. The number of thiophene rings is 1. The fourth-order valence-corrected chi connectivity index (χ4v) is 3.24. The van der Waals surface area contributed by atoms with Gasteiger partial charge in [-0.2, -0.15) is 5.10 Å². The Morgan fingerprint density at radius 1 is 1.33 bits per heavy atom. The Hall–Kier alpha value is -1.95. The highest BCUT2D eigenvalue weighted by molar-refractivity contribution is 7.21. The summed E-state index contributed by atoms with van der Waals surface area (Å²) in [5, 5.41) is 12.1. The average Bonchev–Trinajstić information content (AvgIpc) is 2.81. The minimum absolute atomic E-state index is 0.182. The predicted molar refractivity (Wildman–Crippen MR) is 87.7 cm³/mol. The lowest BCUT2D eigenvalue weighted by molar-refractivity contribution is 0.0962. The van der Waals surface area contributed by atoms with E-state index in [4.69, 9.17) is 5.73 Å². The van der Waals surface area contributed by atoms with Crippen molar-refractivity contribution in [2.75, 3.05) is 12.3 Å². The lowest BCUT2D eigenvalue weighted by atomic mass is 10.1. The van der Waals surface area contributed by atoms with Gasteiger partial charge in [-0.15, -0.1) is 16.4 Å². The average molecular weight is 304 g/mol. The molecule has 6 heteroatoms. The van der Waals surface area contributed by atoms with E-state index in [1.54, 1.807) is 0 Å². The maximum atomic E-state index is 12.2. The molecular weight excluding hydrogens is 284 g/mol. The van der Waals surface area contributed by atoms with E-state index >= 15 is 0 Å². The zero-order valence-corrected chi connectivity index (χ0v) is 13.4. The van der Waals surface area contributed by atoms with Gasteiger partial charge in [0.25, 0.3) is 5.91 Å². The summed E-state index contributed by atoms with van der Waals surface area (Å²) in [6.07, 6.45) is 1.63. The Labute approximate surface area is 128 Å². The van der Waals surface area contributed by atoms with Crippen molar-refractivity contribution >= 4 is 33.1 Å². The quantitative estimate of drug-likeness (QED) is 0.832. The first kappa shape index (κ1) is 15.4. The van der Waals surface area contributed by atoms with E-state index < -0.39 is 0 Å². The fraction of sp³-hybridized carbons (Fsp3) is 0.400. The number of nitrogens with two attached hydrogens (primary N) is 1. The van der Waals surface area contributed by atoms with Gasteiger partial charge in [-0.05, 0) is 25.3 Å². The summed E-state index contributed by atoms with van der Waals surface area (Å²) >= 11 is 1.29. The molecule has 0 bridgehead atoms. The van der Waals surface area contributed by atoms with Crippen molar-refractivity contribution in [3.8, 4) is 0 Å². The molecular formula is C15H20N4OS. The number of carbonyl (C=O) groups excluding carboxylic acids is 1. The van der Waals surface area contributed by atoms with Crippen molar-refractivity contribution in [1.82, 2.24) is 15.5 Å². The SMILES string of the molecule is C=C(C)CNC(=O)c1sc2nnc(CC)c(CC)c2c1N. The molecule has 3 N–H and O–H groups in total. The Bertz CT molecular complexity index is 705. The first-order valence-corrected chi connectivity index (χ1v) is 7.80. The zero-order chi connectivity index (χ0) is 15.6. The first-order chi connectivity index (χ1) is 9.99. The third-order valence-electron chi connectivity index (χ3n) is 3.28. The lowest BCUT2D eigenvalue weighted by Gasteiger charge is -2.06. The summed E-state index contributed by atoms with van der Waals surface area (Å²) < 4.78 is 0. The first-order valence-electron chi connectivity index (χ1n) is 6.98. The molecule has 2 aromatic heterocycles. The monoisotopic (exact) mass is 304 g/mol. The number of rotatable bonds is 5. The second-order valence-electron chi connectivity index (χ2n) is 5.00. The fourth-order valence-electron chi connectivity index (χ4n) is 2.25. The number of carbonyl (C=O) groups is 1. The Kier molecular flexibility index (Phi) is 4.57. The molecule has 0 aliphatic rings. The van der Waals surface area contributed by atoms with Crippen LogP contribution in [0.1, 0.15) is 41.7 Å². The Morgan fingerprint density at radius 3 is 2.62 bits per heavy atom. The minimum Gasteiger partial charge on any atom is -0.397 e. The molecule has 112 valence electrons. The van der Waals surface area contributed by atoms with Crippen molar-refractivity contribution in [1.29, 1.82) is 0 Å². The standard InChI is InChI=1S/C15H20N4OS/c1-5-9-10(6-2)18-19-15-11(9)12(16)13(21-15)14(20)17-7-8(3)4/h3,5-7,16H2,1-2,4H3,(H,17,20). The molecule has 0 saturated heterocycles. The van der Waals surface area contributed by atoms with Crippen LogP contribution in [0.15, 0.2) is 12.2 Å². The molecule has 0 atom stereocenters. The molecule has 5 nitrogen and oxygen atoms in total. The van der Waals surface area contributed by atoms with Crippen molar-refractivity contribution in [2.45, 2.75) is 33.6 Å². The maximum Gasteiger partial charge on any atom is 0.263 e. The molecule has 2 heterocycles. The third-order valence-corrected chi connectivity index (χ3v) is 4.37.